The molecule has 0 aromatic heterocycles. The van der Waals surface area contributed by atoms with E-state index in [1.165, 1.54) is 6.42 Å². The number of rotatable bonds is 4. The van der Waals surface area contributed by atoms with Gasteiger partial charge in [0.25, 0.3) is 0 Å². The van der Waals surface area contributed by atoms with Crippen LogP contribution in [0, 0.1) is 5.92 Å². The van der Waals surface area contributed by atoms with Gasteiger partial charge in [0.05, 0.1) is 6.10 Å². The van der Waals surface area contributed by atoms with E-state index in [0.717, 1.165) is 32.1 Å². The number of nitrogens with one attached hydrogen (secondary N) is 2. The molecule has 1 aliphatic heterocycles. The van der Waals surface area contributed by atoms with Gasteiger partial charge in [0.1, 0.15) is 0 Å². The molecule has 4 heteroatoms. The van der Waals surface area contributed by atoms with Crippen molar-refractivity contribution in [3.63, 3.8) is 0 Å². The standard InChI is InChI=1S/C11H23N3O/c1-9(2)7-13-11(12-3)14-8-10-5-4-6-15-10/h9-10H,4-8H2,1-3H3,(H2,12,13,14). The normalized spacial score (nSPS) is 22.1. The molecule has 2 N–H and O–H groups in total. The van der Waals surface area contributed by atoms with Gasteiger partial charge in [-0.1, -0.05) is 13.8 Å². The second kappa shape index (κ2) is 6.67. The third-order valence-electron chi connectivity index (χ3n) is 2.42. The van der Waals surface area contributed by atoms with E-state index in [4.69, 9.17) is 4.74 Å². The second-order valence-electron chi connectivity index (χ2n) is 4.36. The molecule has 0 amide bonds. The fourth-order valence-corrected chi connectivity index (χ4v) is 1.54. The second-order valence-corrected chi connectivity index (χ2v) is 4.36. The van der Waals surface area contributed by atoms with Crippen LogP contribution in [0.25, 0.3) is 0 Å². The van der Waals surface area contributed by atoms with Gasteiger partial charge < -0.3 is 15.4 Å². The molecule has 1 fully saturated rings. The van der Waals surface area contributed by atoms with E-state index in [2.05, 4.69) is 29.5 Å². The van der Waals surface area contributed by atoms with E-state index in [1.807, 2.05) is 0 Å². The molecule has 15 heavy (non-hydrogen) atoms. The van der Waals surface area contributed by atoms with Crippen molar-refractivity contribution in [2.75, 3.05) is 26.7 Å². The Morgan fingerprint density at radius 1 is 1.47 bits per heavy atom. The van der Waals surface area contributed by atoms with Gasteiger partial charge in [-0.05, 0) is 18.8 Å². The molecule has 0 bridgehead atoms. The molecule has 0 aliphatic carbocycles. The smallest absolute Gasteiger partial charge is 0.191 e. The van der Waals surface area contributed by atoms with Crippen LogP contribution in [0.15, 0.2) is 4.99 Å². The predicted molar refractivity (Wildman–Crippen MR) is 63.2 cm³/mol. The summed E-state index contributed by atoms with van der Waals surface area (Å²) in [6, 6.07) is 0. The molecule has 0 aromatic rings. The minimum Gasteiger partial charge on any atom is -0.376 e. The fraction of sp³-hybridized carbons (Fsp3) is 0.909. The molecule has 1 aliphatic rings. The monoisotopic (exact) mass is 213 g/mol. The highest BCUT2D eigenvalue weighted by Gasteiger charge is 2.15. The summed E-state index contributed by atoms with van der Waals surface area (Å²) in [6.45, 7) is 7.08. The highest BCUT2D eigenvalue weighted by molar-refractivity contribution is 5.79. The van der Waals surface area contributed by atoms with E-state index in [-0.39, 0.29) is 0 Å². The van der Waals surface area contributed by atoms with Crippen LogP contribution in [0.2, 0.25) is 0 Å². The van der Waals surface area contributed by atoms with Gasteiger partial charge in [-0.15, -0.1) is 0 Å². The van der Waals surface area contributed by atoms with Gasteiger partial charge >= 0.3 is 0 Å². The Kier molecular flexibility index (Phi) is 5.47. The Morgan fingerprint density at radius 3 is 2.80 bits per heavy atom. The lowest BCUT2D eigenvalue weighted by atomic mass is 10.2. The molecular formula is C11H23N3O. The van der Waals surface area contributed by atoms with Crippen LogP contribution in [0.5, 0.6) is 0 Å². The Balaban J connectivity index is 2.16. The van der Waals surface area contributed by atoms with Crippen molar-refractivity contribution >= 4 is 5.96 Å². The lowest BCUT2D eigenvalue weighted by Gasteiger charge is -2.15. The summed E-state index contributed by atoms with van der Waals surface area (Å²) in [5.41, 5.74) is 0. The first-order chi connectivity index (χ1) is 7.22. The van der Waals surface area contributed by atoms with E-state index in [9.17, 15) is 0 Å². The Hall–Kier alpha value is -0.770. The Morgan fingerprint density at radius 2 is 2.27 bits per heavy atom. The zero-order valence-corrected chi connectivity index (χ0v) is 10.0. The van der Waals surface area contributed by atoms with Crippen molar-refractivity contribution in [2.45, 2.75) is 32.8 Å². The molecule has 0 radical (unpaired) electrons. The number of nitrogens with zero attached hydrogens (tertiary/aromatic N) is 1. The quantitative estimate of drug-likeness (QED) is 0.540. The Labute approximate surface area is 92.5 Å². The first kappa shape index (κ1) is 12.3. The summed E-state index contributed by atoms with van der Waals surface area (Å²) < 4.78 is 5.53. The maximum Gasteiger partial charge on any atom is 0.191 e. The highest BCUT2D eigenvalue weighted by Crippen LogP contribution is 2.10. The maximum atomic E-state index is 5.53. The zero-order valence-electron chi connectivity index (χ0n) is 10.0. The van der Waals surface area contributed by atoms with E-state index < -0.39 is 0 Å². The van der Waals surface area contributed by atoms with Gasteiger partial charge in [0.2, 0.25) is 0 Å². The molecule has 1 saturated heterocycles. The van der Waals surface area contributed by atoms with Gasteiger partial charge in [-0.25, -0.2) is 0 Å². The molecule has 0 spiro atoms. The molecule has 1 rings (SSSR count). The average Bonchev–Trinajstić information content (AvgIpc) is 2.70. The van der Waals surface area contributed by atoms with Crippen LogP contribution >= 0.6 is 0 Å². The highest BCUT2D eigenvalue weighted by atomic mass is 16.5. The SMILES string of the molecule is CN=C(NCC(C)C)NCC1CCCO1. The number of ether oxygens (including phenoxy) is 1. The molecule has 0 saturated carbocycles. The number of hydrogen-bond donors (Lipinski definition) is 2. The fourth-order valence-electron chi connectivity index (χ4n) is 1.54. The van der Waals surface area contributed by atoms with E-state index in [1.54, 1.807) is 7.05 Å². The summed E-state index contributed by atoms with van der Waals surface area (Å²) in [5, 5.41) is 6.56. The van der Waals surface area contributed by atoms with Crippen molar-refractivity contribution in [3.8, 4) is 0 Å². The summed E-state index contributed by atoms with van der Waals surface area (Å²) in [6.07, 6.45) is 2.71. The minimum absolute atomic E-state index is 0.364. The van der Waals surface area contributed by atoms with E-state index in [0.29, 0.717) is 12.0 Å². The third kappa shape index (κ3) is 5.02. The number of guanidine groups is 1. The lowest BCUT2D eigenvalue weighted by Crippen LogP contribution is -2.42. The first-order valence-corrected chi connectivity index (χ1v) is 5.78. The van der Waals surface area contributed by atoms with E-state index >= 15 is 0 Å². The molecular weight excluding hydrogens is 190 g/mol. The van der Waals surface area contributed by atoms with Gasteiger partial charge in [-0.2, -0.15) is 0 Å². The van der Waals surface area contributed by atoms with Gasteiger partial charge in [0, 0.05) is 26.7 Å². The van der Waals surface area contributed by atoms with Crippen LogP contribution < -0.4 is 10.6 Å². The molecule has 1 unspecified atom stereocenters. The topological polar surface area (TPSA) is 45.7 Å². The van der Waals surface area contributed by atoms with Crippen molar-refractivity contribution in [1.29, 1.82) is 0 Å². The van der Waals surface area contributed by atoms with Crippen LogP contribution in [0.3, 0.4) is 0 Å². The van der Waals surface area contributed by atoms with Gasteiger partial charge in [-0.3, -0.25) is 4.99 Å². The maximum absolute atomic E-state index is 5.53. The molecule has 4 nitrogen and oxygen atoms in total. The molecule has 0 aromatic carbocycles. The van der Waals surface area contributed by atoms with Crippen LogP contribution in [0.4, 0.5) is 0 Å². The number of aliphatic imine (C=N–C) groups is 1. The van der Waals surface area contributed by atoms with Crippen LogP contribution in [0.1, 0.15) is 26.7 Å². The van der Waals surface area contributed by atoms with Crippen LogP contribution in [-0.4, -0.2) is 38.8 Å². The molecule has 1 heterocycles. The molecule has 1 atom stereocenters. The van der Waals surface area contributed by atoms with Crippen LogP contribution in [-0.2, 0) is 4.74 Å². The summed E-state index contributed by atoms with van der Waals surface area (Å²) in [7, 11) is 1.80. The summed E-state index contributed by atoms with van der Waals surface area (Å²) >= 11 is 0. The van der Waals surface area contributed by atoms with Crippen molar-refractivity contribution < 1.29 is 4.74 Å². The van der Waals surface area contributed by atoms with Crippen molar-refractivity contribution in [2.24, 2.45) is 10.9 Å². The predicted octanol–water partition coefficient (Wildman–Crippen LogP) is 0.986. The lowest BCUT2D eigenvalue weighted by molar-refractivity contribution is 0.114. The zero-order chi connectivity index (χ0) is 11.1. The Bertz CT molecular complexity index is 198. The first-order valence-electron chi connectivity index (χ1n) is 5.78. The average molecular weight is 213 g/mol. The van der Waals surface area contributed by atoms with Crippen molar-refractivity contribution in [1.82, 2.24) is 10.6 Å². The number of hydrogen-bond acceptors (Lipinski definition) is 2. The largest absolute Gasteiger partial charge is 0.376 e. The summed E-state index contributed by atoms with van der Waals surface area (Å²) in [4.78, 5) is 4.16. The minimum atomic E-state index is 0.364. The molecule has 88 valence electrons. The third-order valence-corrected chi connectivity index (χ3v) is 2.42. The van der Waals surface area contributed by atoms with Crippen molar-refractivity contribution in [3.05, 3.63) is 0 Å². The van der Waals surface area contributed by atoms with Gasteiger partial charge in [0.15, 0.2) is 5.96 Å². The summed E-state index contributed by atoms with van der Waals surface area (Å²) in [5.74, 6) is 1.51.